The van der Waals surface area contributed by atoms with E-state index in [2.05, 4.69) is 31.7 Å². The zero-order chi connectivity index (χ0) is 13.7. The van der Waals surface area contributed by atoms with Gasteiger partial charge in [0.1, 0.15) is 10.5 Å². The van der Waals surface area contributed by atoms with Gasteiger partial charge in [0, 0.05) is 7.05 Å². The average Bonchev–Trinajstić information content (AvgIpc) is 2.37. The minimum atomic E-state index is -0.485. The number of aliphatic hydroxyl groups excluding tert-OH is 1. The predicted octanol–water partition coefficient (Wildman–Crippen LogP) is -0.456. The molecular weight excluding hydrogens is 304 g/mol. The highest BCUT2D eigenvalue weighted by Crippen LogP contribution is 2.16. The lowest BCUT2D eigenvalue weighted by Gasteiger charge is -2.15. The summed E-state index contributed by atoms with van der Waals surface area (Å²) < 4.78 is 1.42. The molecule has 0 bridgehead atoms. The highest BCUT2D eigenvalue weighted by molar-refractivity contribution is 9.10. The zero-order valence-corrected chi connectivity index (χ0v) is 11.7. The molecule has 0 saturated carbocycles. The summed E-state index contributed by atoms with van der Waals surface area (Å²) in [5.41, 5.74) is 0.0726. The maximum atomic E-state index is 11.8. The van der Waals surface area contributed by atoms with Crippen molar-refractivity contribution in [3.05, 3.63) is 21.0 Å². The third-order valence-corrected chi connectivity index (χ3v) is 3.07. The number of nitrogens with zero attached hydrogens (tertiary/aromatic N) is 2. The van der Waals surface area contributed by atoms with E-state index < -0.39 is 6.04 Å². The number of hydrogen-bond donors (Lipinski definition) is 3. The summed E-state index contributed by atoms with van der Waals surface area (Å²) in [5.74, 6) is -0.193. The molecule has 0 aromatic carbocycles. The van der Waals surface area contributed by atoms with Crippen LogP contribution in [0, 0.1) is 0 Å². The third-order valence-electron chi connectivity index (χ3n) is 2.31. The summed E-state index contributed by atoms with van der Waals surface area (Å²) in [6, 6.07) is -0.485. The molecule has 0 radical (unpaired) electrons. The quantitative estimate of drug-likeness (QED) is 0.683. The lowest BCUT2D eigenvalue weighted by Crippen LogP contribution is -2.36. The van der Waals surface area contributed by atoms with Gasteiger partial charge in [-0.05, 0) is 22.9 Å². The number of halogens is 1. The minimum absolute atomic E-state index is 0.128. The molecular formula is C10H15BrN4O3. The van der Waals surface area contributed by atoms with Crippen LogP contribution in [0.5, 0.6) is 0 Å². The van der Waals surface area contributed by atoms with Crippen molar-refractivity contribution in [2.75, 3.05) is 19.0 Å². The highest BCUT2D eigenvalue weighted by atomic mass is 79.9. The Bertz CT molecular complexity index is 489. The Morgan fingerprint density at radius 3 is 2.89 bits per heavy atom. The van der Waals surface area contributed by atoms with Gasteiger partial charge in [-0.15, -0.1) is 0 Å². The molecule has 18 heavy (non-hydrogen) atoms. The zero-order valence-electron chi connectivity index (χ0n) is 10.1. The first-order valence-corrected chi connectivity index (χ1v) is 6.15. The van der Waals surface area contributed by atoms with Gasteiger partial charge < -0.3 is 15.7 Å². The number of carbonyl (C=O) groups is 1. The molecule has 0 spiro atoms. The summed E-state index contributed by atoms with van der Waals surface area (Å²) in [6.45, 7) is 1.63. The van der Waals surface area contributed by atoms with Gasteiger partial charge in [-0.3, -0.25) is 9.59 Å². The molecule has 0 fully saturated rings. The second-order valence-corrected chi connectivity index (χ2v) is 4.40. The number of aliphatic hydroxyl groups is 1. The fourth-order valence-corrected chi connectivity index (χ4v) is 1.76. The second-order valence-electron chi connectivity index (χ2n) is 3.60. The summed E-state index contributed by atoms with van der Waals surface area (Å²) >= 11 is 3.15. The Morgan fingerprint density at radius 2 is 2.33 bits per heavy atom. The maximum Gasteiger partial charge on any atom is 0.283 e. The molecule has 100 valence electrons. The average molecular weight is 319 g/mol. The Kier molecular flexibility index (Phi) is 5.29. The van der Waals surface area contributed by atoms with E-state index in [0.717, 1.165) is 4.68 Å². The number of anilines is 1. The SMILES string of the molecule is CNC(=O)C(C)Nc1cnn(CCO)c(=O)c1Br. The molecule has 1 unspecified atom stereocenters. The highest BCUT2D eigenvalue weighted by Gasteiger charge is 2.14. The first-order valence-electron chi connectivity index (χ1n) is 5.35. The van der Waals surface area contributed by atoms with Crippen molar-refractivity contribution < 1.29 is 9.90 Å². The van der Waals surface area contributed by atoms with E-state index in [1.165, 1.54) is 13.2 Å². The molecule has 8 heteroatoms. The van der Waals surface area contributed by atoms with Crippen molar-refractivity contribution in [3.63, 3.8) is 0 Å². The van der Waals surface area contributed by atoms with Crippen molar-refractivity contribution >= 4 is 27.5 Å². The van der Waals surface area contributed by atoms with Gasteiger partial charge in [-0.1, -0.05) is 0 Å². The number of rotatable bonds is 5. The van der Waals surface area contributed by atoms with Crippen LogP contribution >= 0.6 is 15.9 Å². The summed E-state index contributed by atoms with van der Waals surface area (Å²) in [4.78, 5) is 23.2. The van der Waals surface area contributed by atoms with Gasteiger partial charge in [0.15, 0.2) is 0 Å². The molecule has 3 N–H and O–H groups in total. The van der Waals surface area contributed by atoms with E-state index in [0.29, 0.717) is 5.69 Å². The van der Waals surface area contributed by atoms with E-state index in [1.807, 2.05) is 0 Å². The van der Waals surface area contributed by atoms with Crippen LogP contribution < -0.4 is 16.2 Å². The van der Waals surface area contributed by atoms with Crippen molar-refractivity contribution in [1.82, 2.24) is 15.1 Å². The third kappa shape index (κ3) is 3.30. The fourth-order valence-electron chi connectivity index (χ4n) is 1.33. The molecule has 1 atom stereocenters. The molecule has 0 aliphatic rings. The van der Waals surface area contributed by atoms with Crippen molar-refractivity contribution in [3.8, 4) is 0 Å². The first-order chi connectivity index (χ1) is 8.51. The van der Waals surface area contributed by atoms with Crippen LogP contribution in [0.1, 0.15) is 6.92 Å². The van der Waals surface area contributed by atoms with Crippen molar-refractivity contribution in [2.45, 2.75) is 19.5 Å². The Hall–Kier alpha value is -1.41. The molecule has 1 amide bonds. The Morgan fingerprint density at radius 1 is 1.67 bits per heavy atom. The Balaban J connectivity index is 2.95. The van der Waals surface area contributed by atoms with E-state index in [9.17, 15) is 9.59 Å². The molecule has 0 aliphatic heterocycles. The van der Waals surface area contributed by atoms with Crippen molar-refractivity contribution in [2.24, 2.45) is 0 Å². The number of hydrogen-bond acceptors (Lipinski definition) is 5. The number of aromatic nitrogens is 2. The predicted molar refractivity (Wildman–Crippen MR) is 70.4 cm³/mol. The largest absolute Gasteiger partial charge is 0.394 e. The summed E-state index contributed by atoms with van der Waals surface area (Å²) in [6.07, 6.45) is 1.43. The number of likely N-dealkylation sites (N-methyl/N-ethyl adjacent to an activating group) is 1. The van der Waals surface area contributed by atoms with Crippen LogP contribution in [0.4, 0.5) is 5.69 Å². The van der Waals surface area contributed by atoms with Crippen LogP contribution in [-0.2, 0) is 11.3 Å². The minimum Gasteiger partial charge on any atom is -0.394 e. The Labute approximate surface area is 112 Å². The fraction of sp³-hybridized carbons (Fsp3) is 0.500. The number of nitrogens with one attached hydrogen (secondary N) is 2. The van der Waals surface area contributed by atoms with Gasteiger partial charge in [0.05, 0.1) is 25.0 Å². The van der Waals surface area contributed by atoms with Gasteiger partial charge in [-0.25, -0.2) is 4.68 Å². The number of amides is 1. The monoisotopic (exact) mass is 318 g/mol. The lowest BCUT2D eigenvalue weighted by atomic mass is 10.3. The molecule has 0 aliphatic carbocycles. The van der Waals surface area contributed by atoms with E-state index in [-0.39, 0.29) is 29.1 Å². The van der Waals surface area contributed by atoms with E-state index in [4.69, 9.17) is 5.11 Å². The maximum absolute atomic E-state index is 11.8. The second kappa shape index (κ2) is 6.50. The summed E-state index contributed by atoms with van der Waals surface area (Å²) in [5, 5.41) is 18.0. The van der Waals surface area contributed by atoms with E-state index >= 15 is 0 Å². The molecule has 1 aromatic rings. The van der Waals surface area contributed by atoms with Crippen LogP contribution in [-0.4, -0.2) is 40.5 Å². The van der Waals surface area contributed by atoms with Gasteiger partial charge in [0.25, 0.3) is 5.56 Å². The van der Waals surface area contributed by atoms with Crippen LogP contribution in [0.15, 0.2) is 15.5 Å². The van der Waals surface area contributed by atoms with Gasteiger partial charge >= 0.3 is 0 Å². The van der Waals surface area contributed by atoms with Crippen LogP contribution in [0.3, 0.4) is 0 Å². The van der Waals surface area contributed by atoms with Crippen molar-refractivity contribution in [1.29, 1.82) is 0 Å². The molecule has 1 aromatic heterocycles. The van der Waals surface area contributed by atoms with Crippen LogP contribution in [0.2, 0.25) is 0 Å². The standard InChI is InChI=1S/C10H15BrN4O3/c1-6(9(17)12-2)14-7-5-13-15(3-4-16)10(18)8(7)11/h5-6,14,16H,3-4H2,1-2H3,(H,12,17). The molecule has 1 heterocycles. The van der Waals surface area contributed by atoms with Gasteiger partial charge in [0.2, 0.25) is 5.91 Å². The summed E-state index contributed by atoms with van der Waals surface area (Å²) in [7, 11) is 1.53. The molecule has 1 rings (SSSR count). The van der Waals surface area contributed by atoms with E-state index in [1.54, 1.807) is 6.92 Å². The van der Waals surface area contributed by atoms with Crippen LogP contribution in [0.25, 0.3) is 0 Å². The normalized spacial score (nSPS) is 12.0. The number of carbonyl (C=O) groups excluding carboxylic acids is 1. The van der Waals surface area contributed by atoms with Gasteiger partial charge in [-0.2, -0.15) is 5.10 Å². The molecule has 7 nitrogen and oxygen atoms in total. The lowest BCUT2D eigenvalue weighted by molar-refractivity contribution is -0.121. The smallest absolute Gasteiger partial charge is 0.283 e. The topological polar surface area (TPSA) is 96.2 Å². The molecule has 0 saturated heterocycles. The first kappa shape index (κ1) is 14.7.